The highest BCUT2D eigenvalue weighted by Gasteiger charge is 2.28. The predicted molar refractivity (Wildman–Crippen MR) is 124 cm³/mol. The fourth-order valence-electron chi connectivity index (χ4n) is 3.22. The van der Waals surface area contributed by atoms with Crippen LogP contribution in [0.15, 0.2) is 83.5 Å². The van der Waals surface area contributed by atoms with Crippen molar-refractivity contribution in [1.82, 2.24) is 0 Å². The number of hydrogen-bond acceptors (Lipinski definition) is 5. The van der Waals surface area contributed by atoms with Crippen molar-refractivity contribution in [3.05, 3.63) is 105 Å². The third-order valence-corrected chi connectivity index (χ3v) is 5.11. The van der Waals surface area contributed by atoms with Gasteiger partial charge in [-0.3, -0.25) is 14.9 Å². The molecule has 32 heavy (non-hydrogen) atoms. The number of hydrazone groups is 1. The summed E-state index contributed by atoms with van der Waals surface area (Å²) in [4.78, 5) is 23.4. The van der Waals surface area contributed by atoms with E-state index in [1.807, 2.05) is 30.3 Å². The number of rotatable bonds is 6. The zero-order valence-corrected chi connectivity index (χ0v) is 17.8. The summed E-state index contributed by atoms with van der Waals surface area (Å²) in [5.41, 5.74) is 3.13. The lowest BCUT2D eigenvalue weighted by Gasteiger charge is -2.12. The number of benzene rings is 3. The first kappa shape index (κ1) is 21.3. The third kappa shape index (κ3) is 4.53. The summed E-state index contributed by atoms with van der Waals surface area (Å²) < 4.78 is 5.93. The van der Waals surface area contributed by atoms with Crippen molar-refractivity contribution in [3.63, 3.8) is 0 Å². The second-order valence-electron chi connectivity index (χ2n) is 7.09. The van der Waals surface area contributed by atoms with E-state index in [9.17, 15) is 14.9 Å². The van der Waals surface area contributed by atoms with E-state index < -0.39 is 4.92 Å². The number of nitro benzene ring substituents is 1. The normalized spacial score (nSPS) is 14.6. The van der Waals surface area contributed by atoms with Gasteiger partial charge >= 0.3 is 0 Å². The van der Waals surface area contributed by atoms with Gasteiger partial charge in [0.15, 0.2) is 0 Å². The summed E-state index contributed by atoms with van der Waals surface area (Å²) in [6.07, 6.45) is 1.71. The molecule has 160 valence electrons. The Morgan fingerprint density at radius 3 is 2.50 bits per heavy atom. The Balaban J connectivity index is 1.58. The second kappa shape index (κ2) is 9.03. The summed E-state index contributed by atoms with van der Waals surface area (Å²) in [5, 5.41) is 17.1. The summed E-state index contributed by atoms with van der Waals surface area (Å²) in [5.74, 6) is 0.286. The maximum Gasteiger partial charge on any atom is 0.280 e. The molecule has 0 saturated carbocycles. The average Bonchev–Trinajstić information content (AvgIpc) is 3.08. The van der Waals surface area contributed by atoms with Crippen molar-refractivity contribution < 1.29 is 14.5 Å². The number of anilines is 1. The molecule has 0 N–H and O–H groups in total. The minimum absolute atomic E-state index is 0.0168. The molecule has 0 aromatic heterocycles. The molecule has 1 amide bonds. The van der Waals surface area contributed by atoms with E-state index in [-0.39, 0.29) is 18.2 Å². The first-order valence-corrected chi connectivity index (χ1v) is 10.1. The lowest BCUT2D eigenvalue weighted by molar-refractivity contribution is -0.384. The van der Waals surface area contributed by atoms with Crippen LogP contribution < -0.4 is 9.75 Å². The fourth-order valence-corrected chi connectivity index (χ4v) is 3.40. The Labute approximate surface area is 189 Å². The molecule has 0 saturated heterocycles. The van der Waals surface area contributed by atoms with Crippen LogP contribution in [0.2, 0.25) is 5.02 Å². The molecule has 7 nitrogen and oxygen atoms in total. The van der Waals surface area contributed by atoms with E-state index >= 15 is 0 Å². The Morgan fingerprint density at radius 2 is 1.81 bits per heavy atom. The van der Waals surface area contributed by atoms with Gasteiger partial charge in [-0.25, -0.2) is 0 Å². The summed E-state index contributed by atoms with van der Waals surface area (Å²) in [6.45, 7) is 1.97. The highest BCUT2D eigenvalue weighted by Crippen LogP contribution is 2.30. The molecule has 1 aliphatic rings. The maximum absolute atomic E-state index is 13.0. The molecule has 1 heterocycles. The van der Waals surface area contributed by atoms with E-state index in [2.05, 4.69) is 5.10 Å². The van der Waals surface area contributed by atoms with Crippen LogP contribution in [-0.4, -0.2) is 16.5 Å². The minimum atomic E-state index is -0.449. The molecule has 0 radical (unpaired) electrons. The van der Waals surface area contributed by atoms with Gasteiger partial charge in [-0.15, -0.1) is 0 Å². The molecular formula is C24H18ClN3O4. The lowest BCUT2D eigenvalue weighted by Crippen LogP contribution is -2.21. The number of hydrogen-bond donors (Lipinski definition) is 0. The van der Waals surface area contributed by atoms with Gasteiger partial charge in [0, 0.05) is 22.7 Å². The highest BCUT2D eigenvalue weighted by atomic mass is 35.5. The molecule has 3 aromatic carbocycles. The van der Waals surface area contributed by atoms with Crippen molar-refractivity contribution in [2.75, 3.05) is 5.01 Å². The van der Waals surface area contributed by atoms with Crippen LogP contribution in [0.3, 0.4) is 0 Å². The Kier molecular flexibility index (Phi) is 6.00. The molecule has 1 aliphatic heterocycles. The Hall–Kier alpha value is -3.97. The fraction of sp³-hybridized carbons (Fsp3) is 0.0833. The zero-order valence-electron chi connectivity index (χ0n) is 17.1. The van der Waals surface area contributed by atoms with E-state index in [0.717, 1.165) is 5.56 Å². The second-order valence-corrected chi connectivity index (χ2v) is 7.53. The standard InChI is InChI=1S/C24H18ClN3O4/c1-16-22(24(29)27(26-16)20-5-3-2-4-6-20)14-18-13-19(25)9-12-23(18)32-15-17-7-10-21(11-8-17)28(30)31/h2-14H,15H2,1H3/b22-14-. The smallest absolute Gasteiger partial charge is 0.280 e. The van der Waals surface area contributed by atoms with Crippen LogP contribution in [0.25, 0.3) is 6.08 Å². The molecule has 0 bridgehead atoms. The van der Waals surface area contributed by atoms with Gasteiger partial charge in [-0.05, 0) is 61.0 Å². The van der Waals surface area contributed by atoms with Crippen LogP contribution in [0.4, 0.5) is 11.4 Å². The minimum Gasteiger partial charge on any atom is -0.488 e. The van der Waals surface area contributed by atoms with Crippen LogP contribution in [0, 0.1) is 10.1 Å². The SMILES string of the molecule is CC1=NN(c2ccccc2)C(=O)/C1=C\c1cc(Cl)ccc1OCc1ccc([N+](=O)[O-])cc1. The summed E-state index contributed by atoms with van der Waals surface area (Å²) in [6, 6.07) is 20.5. The number of halogens is 1. The topological polar surface area (TPSA) is 85.0 Å². The van der Waals surface area contributed by atoms with Gasteiger partial charge in [0.25, 0.3) is 11.6 Å². The van der Waals surface area contributed by atoms with Gasteiger partial charge in [0.1, 0.15) is 12.4 Å². The summed E-state index contributed by atoms with van der Waals surface area (Å²) in [7, 11) is 0. The van der Waals surface area contributed by atoms with Crippen LogP contribution in [-0.2, 0) is 11.4 Å². The average molecular weight is 448 g/mol. The van der Waals surface area contributed by atoms with E-state index in [0.29, 0.717) is 33.3 Å². The Morgan fingerprint density at radius 1 is 1.09 bits per heavy atom. The van der Waals surface area contributed by atoms with Crippen LogP contribution in [0.1, 0.15) is 18.1 Å². The van der Waals surface area contributed by atoms with Gasteiger partial charge in [-0.1, -0.05) is 29.8 Å². The van der Waals surface area contributed by atoms with Crippen LogP contribution in [0.5, 0.6) is 5.75 Å². The number of carbonyl (C=O) groups excluding carboxylic acids is 1. The molecular weight excluding hydrogens is 430 g/mol. The van der Waals surface area contributed by atoms with Crippen molar-refractivity contribution in [3.8, 4) is 5.75 Å². The van der Waals surface area contributed by atoms with Crippen molar-refractivity contribution in [2.24, 2.45) is 5.10 Å². The molecule has 0 unspecified atom stereocenters. The number of ether oxygens (including phenoxy) is 1. The number of carbonyl (C=O) groups is 1. The molecule has 4 rings (SSSR count). The van der Waals surface area contributed by atoms with Gasteiger partial charge in [0.05, 0.1) is 21.9 Å². The number of amides is 1. The number of nitro groups is 1. The van der Waals surface area contributed by atoms with Crippen molar-refractivity contribution in [2.45, 2.75) is 13.5 Å². The number of para-hydroxylation sites is 1. The van der Waals surface area contributed by atoms with Gasteiger partial charge < -0.3 is 4.74 Å². The lowest BCUT2D eigenvalue weighted by atomic mass is 10.1. The molecule has 3 aromatic rings. The van der Waals surface area contributed by atoms with Crippen LogP contribution >= 0.6 is 11.6 Å². The molecule has 0 fully saturated rings. The van der Waals surface area contributed by atoms with E-state index in [1.54, 1.807) is 43.3 Å². The Bertz CT molecular complexity index is 1240. The monoisotopic (exact) mass is 447 g/mol. The van der Waals surface area contributed by atoms with Gasteiger partial charge in [-0.2, -0.15) is 10.1 Å². The van der Waals surface area contributed by atoms with Crippen molar-refractivity contribution in [1.29, 1.82) is 0 Å². The third-order valence-electron chi connectivity index (χ3n) is 4.88. The largest absolute Gasteiger partial charge is 0.488 e. The molecule has 0 atom stereocenters. The van der Waals surface area contributed by atoms with E-state index in [4.69, 9.17) is 16.3 Å². The van der Waals surface area contributed by atoms with Crippen molar-refractivity contribution >= 4 is 40.7 Å². The zero-order chi connectivity index (χ0) is 22.7. The van der Waals surface area contributed by atoms with Gasteiger partial charge in [0.2, 0.25) is 0 Å². The number of non-ortho nitro benzene ring substituents is 1. The first-order chi connectivity index (χ1) is 15.4. The van der Waals surface area contributed by atoms with E-state index in [1.165, 1.54) is 17.1 Å². The first-order valence-electron chi connectivity index (χ1n) is 9.75. The predicted octanol–water partition coefficient (Wildman–Crippen LogP) is 5.63. The quantitative estimate of drug-likeness (QED) is 0.278. The summed E-state index contributed by atoms with van der Waals surface area (Å²) >= 11 is 6.19. The maximum atomic E-state index is 13.0. The molecule has 0 spiro atoms. The highest BCUT2D eigenvalue weighted by molar-refractivity contribution is 6.33. The number of nitrogens with zero attached hydrogens (tertiary/aromatic N) is 3. The molecule has 0 aliphatic carbocycles. The molecule has 8 heteroatoms.